The molecule has 0 aromatic carbocycles. The van der Waals surface area contributed by atoms with E-state index in [0.717, 1.165) is 58.1 Å². The molecule has 3 aliphatic heterocycles. The van der Waals surface area contributed by atoms with E-state index in [1.54, 1.807) is 6.20 Å². The Morgan fingerprint density at radius 1 is 1.07 bits per heavy atom. The van der Waals surface area contributed by atoms with Crippen molar-refractivity contribution >= 4 is 11.7 Å². The number of hydrogen-bond donors (Lipinski definition) is 1. The van der Waals surface area contributed by atoms with Gasteiger partial charge in [0.2, 0.25) is 0 Å². The molecule has 154 valence electrons. The summed E-state index contributed by atoms with van der Waals surface area (Å²) in [5.74, 6) is 0.820. The highest BCUT2D eigenvalue weighted by molar-refractivity contribution is 5.94. The molecule has 1 atom stereocenters. The molecule has 1 aromatic heterocycles. The summed E-state index contributed by atoms with van der Waals surface area (Å²) in [7, 11) is 0. The second-order valence-electron chi connectivity index (χ2n) is 7.55. The number of piperidine rings is 1. The lowest BCUT2D eigenvalue weighted by Gasteiger charge is -2.40. The summed E-state index contributed by atoms with van der Waals surface area (Å²) < 4.78 is 16.4. The van der Waals surface area contributed by atoms with E-state index in [1.807, 2.05) is 17.0 Å². The number of anilines is 1. The molecular weight excluding hydrogens is 360 g/mol. The van der Waals surface area contributed by atoms with Crippen LogP contribution in [0.15, 0.2) is 18.3 Å². The van der Waals surface area contributed by atoms with Crippen molar-refractivity contribution in [2.45, 2.75) is 25.0 Å². The Balaban J connectivity index is 1.24. The van der Waals surface area contributed by atoms with Gasteiger partial charge in [-0.15, -0.1) is 0 Å². The molecule has 0 radical (unpaired) electrons. The molecule has 3 saturated heterocycles. The third-order valence-electron chi connectivity index (χ3n) is 5.72. The van der Waals surface area contributed by atoms with E-state index in [2.05, 4.69) is 15.2 Å². The van der Waals surface area contributed by atoms with Gasteiger partial charge in [0.05, 0.1) is 44.7 Å². The van der Waals surface area contributed by atoms with Crippen LogP contribution in [0.1, 0.15) is 23.2 Å². The highest BCUT2D eigenvalue weighted by Crippen LogP contribution is 2.19. The topological polar surface area (TPSA) is 76.2 Å². The van der Waals surface area contributed by atoms with E-state index in [0.29, 0.717) is 38.0 Å². The van der Waals surface area contributed by atoms with Crippen molar-refractivity contribution < 1.29 is 19.0 Å². The normalized spacial score (nSPS) is 24.9. The Labute approximate surface area is 166 Å². The van der Waals surface area contributed by atoms with Gasteiger partial charge in [-0.25, -0.2) is 4.98 Å². The van der Waals surface area contributed by atoms with Crippen LogP contribution in [-0.2, 0) is 14.2 Å². The third kappa shape index (κ3) is 5.00. The minimum atomic E-state index is 0.0459. The second-order valence-corrected chi connectivity index (χ2v) is 7.55. The van der Waals surface area contributed by atoms with Crippen molar-refractivity contribution in [1.82, 2.24) is 14.8 Å². The van der Waals surface area contributed by atoms with Crippen LogP contribution < -0.4 is 5.32 Å². The highest BCUT2D eigenvalue weighted by atomic mass is 16.6. The zero-order valence-corrected chi connectivity index (χ0v) is 16.3. The number of morpholine rings is 1. The summed E-state index contributed by atoms with van der Waals surface area (Å²) in [6, 6.07) is 4.28. The molecule has 1 amide bonds. The Kier molecular flexibility index (Phi) is 6.74. The molecule has 3 fully saturated rings. The summed E-state index contributed by atoms with van der Waals surface area (Å²) in [6.07, 6.45) is 3.77. The number of nitrogens with one attached hydrogen (secondary N) is 1. The van der Waals surface area contributed by atoms with Crippen molar-refractivity contribution in [2.24, 2.45) is 0 Å². The van der Waals surface area contributed by atoms with Gasteiger partial charge in [0.25, 0.3) is 5.91 Å². The Morgan fingerprint density at radius 2 is 1.89 bits per heavy atom. The molecule has 8 nitrogen and oxygen atoms in total. The van der Waals surface area contributed by atoms with Crippen molar-refractivity contribution in [3.8, 4) is 0 Å². The molecule has 0 spiro atoms. The fourth-order valence-corrected chi connectivity index (χ4v) is 4.06. The standard InChI is InChI=1S/C20H30N4O4/c25-20(24-5-3-17(4-6-24)23-7-9-26-10-8-23)16-1-2-19(21-13-16)22-14-18-15-27-11-12-28-18/h1-2,13,17-18H,3-12,14-15H2,(H,21,22). The van der Waals surface area contributed by atoms with Crippen molar-refractivity contribution in [1.29, 1.82) is 0 Å². The van der Waals surface area contributed by atoms with Crippen LogP contribution in [0, 0.1) is 0 Å². The van der Waals surface area contributed by atoms with E-state index in [4.69, 9.17) is 14.2 Å². The van der Waals surface area contributed by atoms with Crippen LogP contribution in [0.3, 0.4) is 0 Å². The fraction of sp³-hybridized carbons (Fsp3) is 0.700. The second kappa shape index (κ2) is 9.65. The lowest BCUT2D eigenvalue weighted by molar-refractivity contribution is -0.0819. The molecule has 4 rings (SSSR count). The van der Waals surface area contributed by atoms with Gasteiger partial charge in [-0.1, -0.05) is 0 Å². The van der Waals surface area contributed by atoms with Crippen LogP contribution in [0.5, 0.6) is 0 Å². The van der Waals surface area contributed by atoms with E-state index < -0.39 is 0 Å². The van der Waals surface area contributed by atoms with Crippen LogP contribution in [0.2, 0.25) is 0 Å². The molecule has 3 aliphatic rings. The number of rotatable bonds is 5. The van der Waals surface area contributed by atoms with Gasteiger partial charge >= 0.3 is 0 Å². The molecule has 0 saturated carbocycles. The number of aromatic nitrogens is 1. The van der Waals surface area contributed by atoms with Crippen molar-refractivity contribution in [2.75, 3.05) is 71.1 Å². The van der Waals surface area contributed by atoms with Crippen LogP contribution in [-0.4, -0.2) is 98.6 Å². The molecular formula is C20H30N4O4. The number of ether oxygens (including phenoxy) is 3. The third-order valence-corrected chi connectivity index (χ3v) is 5.72. The average molecular weight is 390 g/mol. The smallest absolute Gasteiger partial charge is 0.255 e. The van der Waals surface area contributed by atoms with E-state index >= 15 is 0 Å². The lowest BCUT2D eigenvalue weighted by atomic mass is 10.0. The number of carbonyl (C=O) groups is 1. The first-order valence-corrected chi connectivity index (χ1v) is 10.3. The Hall–Kier alpha value is -1.74. The van der Waals surface area contributed by atoms with Crippen molar-refractivity contribution in [3.05, 3.63) is 23.9 Å². The number of nitrogens with zero attached hydrogens (tertiary/aromatic N) is 3. The highest BCUT2D eigenvalue weighted by Gasteiger charge is 2.28. The first-order chi connectivity index (χ1) is 13.8. The summed E-state index contributed by atoms with van der Waals surface area (Å²) in [4.78, 5) is 21.6. The number of pyridine rings is 1. The number of amides is 1. The molecule has 1 N–H and O–H groups in total. The predicted octanol–water partition coefficient (Wildman–Crippen LogP) is 0.846. The molecule has 1 unspecified atom stereocenters. The zero-order chi connectivity index (χ0) is 19.2. The van der Waals surface area contributed by atoms with Gasteiger partial charge in [0.1, 0.15) is 5.82 Å². The fourth-order valence-electron chi connectivity index (χ4n) is 4.06. The number of carbonyl (C=O) groups excluding carboxylic acids is 1. The van der Waals surface area contributed by atoms with Crippen LogP contribution in [0.4, 0.5) is 5.82 Å². The minimum Gasteiger partial charge on any atom is -0.379 e. The van der Waals surface area contributed by atoms with Crippen LogP contribution >= 0.6 is 0 Å². The van der Waals surface area contributed by atoms with Crippen LogP contribution in [0.25, 0.3) is 0 Å². The quantitative estimate of drug-likeness (QED) is 0.799. The lowest BCUT2D eigenvalue weighted by Crippen LogP contribution is -2.50. The monoisotopic (exact) mass is 390 g/mol. The van der Waals surface area contributed by atoms with E-state index in [1.165, 1.54) is 0 Å². The van der Waals surface area contributed by atoms with Crippen molar-refractivity contribution in [3.63, 3.8) is 0 Å². The average Bonchev–Trinajstić information content (AvgIpc) is 2.79. The molecule has 0 bridgehead atoms. The summed E-state index contributed by atoms with van der Waals surface area (Å²) >= 11 is 0. The van der Waals surface area contributed by atoms with Gasteiger partial charge in [0.15, 0.2) is 0 Å². The SMILES string of the molecule is O=C(c1ccc(NCC2COCCO2)nc1)N1CCC(N2CCOCC2)CC1. The minimum absolute atomic E-state index is 0.0459. The zero-order valence-electron chi connectivity index (χ0n) is 16.3. The number of likely N-dealkylation sites (tertiary alicyclic amines) is 1. The molecule has 8 heteroatoms. The van der Waals surface area contributed by atoms with Gasteiger partial charge in [0, 0.05) is 45.0 Å². The maximum Gasteiger partial charge on any atom is 0.255 e. The summed E-state index contributed by atoms with van der Waals surface area (Å²) in [5, 5.41) is 3.25. The van der Waals surface area contributed by atoms with Gasteiger partial charge < -0.3 is 24.4 Å². The summed E-state index contributed by atoms with van der Waals surface area (Å²) in [5.41, 5.74) is 0.646. The first-order valence-electron chi connectivity index (χ1n) is 10.3. The first kappa shape index (κ1) is 19.6. The van der Waals surface area contributed by atoms with Gasteiger partial charge in [-0.05, 0) is 25.0 Å². The predicted molar refractivity (Wildman–Crippen MR) is 105 cm³/mol. The number of hydrogen-bond acceptors (Lipinski definition) is 7. The molecule has 0 aliphatic carbocycles. The molecule has 4 heterocycles. The Bertz CT molecular complexity index is 622. The largest absolute Gasteiger partial charge is 0.379 e. The van der Waals surface area contributed by atoms with Gasteiger partial charge in [-0.3, -0.25) is 9.69 Å². The molecule has 1 aromatic rings. The Morgan fingerprint density at radius 3 is 2.57 bits per heavy atom. The van der Waals surface area contributed by atoms with E-state index in [-0.39, 0.29) is 12.0 Å². The maximum absolute atomic E-state index is 12.8. The summed E-state index contributed by atoms with van der Waals surface area (Å²) in [6.45, 7) is 7.82. The van der Waals surface area contributed by atoms with E-state index in [9.17, 15) is 4.79 Å². The van der Waals surface area contributed by atoms with Gasteiger partial charge in [-0.2, -0.15) is 0 Å². The molecule has 28 heavy (non-hydrogen) atoms. The maximum atomic E-state index is 12.8.